The van der Waals surface area contributed by atoms with Crippen molar-refractivity contribution in [2.45, 2.75) is 0 Å². The molecule has 0 bridgehead atoms. The number of hydrogen-bond donors (Lipinski definition) is 14. The van der Waals surface area contributed by atoms with Crippen LogP contribution < -0.4 is 54.6 Å². The Hall–Kier alpha value is -9.06. The zero-order valence-electron chi connectivity index (χ0n) is 42.0. The fourth-order valence-corrected chi connectivity index (χ4v) is 11.4. The molecular weight excluding hydrogens is 953 g/mol. The predicted molar refractivity (Wildman–Crippen MR) is 318 cm³/mol. The molecule has 0 unspecified atom stereocenters. The highest BCUT2D eigenvalue weighted by Gasteiger charge is 2.34. The first kappa shape index (κ1) is 48.2. The fourth-order valence-electron chi connectivity index (χ4n) is 11.4. The van der Waals surface area contributed by atoms with Crippen LogP contribution in [0.4, 0.5) is 0 Å². The van der Waals surface area contributed by atoms with Gasteiger partial charge in [0.25, 0.3) is 0 Å². The molecule has 0 fully saturated rings. The quantitative estimate of drug-likeness (QED) is 0.0443. The number of benzene rings is 7. The number of hydrogen-bond acceptors (Lipinski definition) is 15. The summed E-state index contributed by atoms with van der Waals surface area (Å²) >= 11 is 0. The molecule has 11 rings (SSSR count). The third-order valence-electron chi connectivity index (χ3n) is 15.8. The largest absolute Gasteiger partial charge is 0.509 e. The van der Waals surface area contributed by atoms with Crippen LogP contribution in [0, 0.1) is 0 Å². The van der Waals surface area contributed by atoms with E-state index in [-0.39, 0.29) is 144 Å². The van der Waals surface area contributed by atoms with E-state index in [9.17, 15) is 71.5 Å². The van der Waals surface area contributed by atoms with Crippen molar-refractivity contribution in [1.29, 1.82) is 0 Å². The summed E-state index contributed by atoms with van der Waals surface area (Å²) in [5.41, 5.74) is 3.13. The third-order valence-corrected chi connectivity index (χ3v) is 15.8. The summed E-state index contributed by atoms with van der Waals surface area (Å²) in [5.74, 6) is -8.16. The molecule has 18 nitrogen and oxygen atoms in total. The molecule has 0 aliphatic carbocycles. The Balaban J connectivity index is 1.41. The number of aromatic hydroxyl groups is 14. The van der Waals surface area contributed by atoms with Crippen LogP contribution in [0.3, 0.4) is 0 Å². The number of nitrogens with zero attached hydrogens (tertiary/aromatic N) is 4. The van der Waals surface area contributed by atoms with Gasteiger partial charge in [-0.3, -0.25) is 9.13 Å². The van der Waals surface area contributed by atoms with Crippen LogP contribution in [0.25, 0.3) is 93.9 Å². The van der Waals surface area contributed by atoms with E-state index >= 15 is 0 Å². The summed E-state index contributed by atoms with van der Waals surface area (Å²) in [6, 6.07) is 10.0. The molecule has 11 aromatic rings. The van der Waals surface area contributed by atoms with Gasteiger partial charge in [0, 0.05) is 21.7 Å². The van der Waals surface area contributed by atoms with E-state index < -0.39 is 63.2 Å². The highest BCUT2D eigenvalue weighted by atomic mass is 16.3. The van der Waals surface area contributed by atoms with Crippen molar-refractivity contribution >= 4 is 199 Å². The molecule has 0 radical (unpaired) electrons. The van der Waals surface area contributed by atoms with Crippen LogP contribution in [0.15, 0.2) is 36.4 Å². The molecular formula is C47H40B10N4O14. The minimum atomic E-state index is -0.910. The van der Waals surface area contributed by atoms with Gasteiger partial charge in [0.1, 0.15) is 124 Å². The van der Waals surface area contributed by atoms with Crippen LogP contribution in [-0.4, -0.2) is 169 Å². The third kappa shape index (κ3) is 5.84. The molecule has 75 heavy (non-hydrogen) atoms. The van der Waals surface area contributed by atoms with Gasteiger partial charge in [0.15, 0.2) is 51.7 Å². The van der Waals surface area contributed by atoms with E-state index in [0.29, 0.717) is 22.2 Å². The van der Waals surface area contributed by atoms with Crippen molar-refractivity contribution in [3.63, 3.8) is 0 Å². The average molecular weight is 993 g/mol. The number of pyridine rings is 1. The molecule has 28 heteroatoms. The minimum absolute atomic E-state index is 0.000482. The molecule has 0 saturated heterocycles. The van der Waals surface area contributed by atoms with Crippen LogP contribution in [-0.2, 0) is 0 Å². The monoisotopic (exact) mass is 994 g/mol. The lowest BCUT2D eigenvalue weighted by atomic mass is 9.77. The minimum Gasteiger partial charge on any atom is -0.509 e. The van der Waals surface area contributed by atoms with Gasteiger partial charge in [-0.25, -0.2) is 4.98 Å². The lowest BCUT2D eigenvalue weighted by Gasteiger charge is -2.20. The van der Waals surface area contributed by atoms with Gasteiger partial charge in [-0.05, 0) is 72.9 Å². The maximum Gasteiger partial charge on any atom is 0.201 e. The molecule has 362 valence electrons. The van der Waals surface area contributed by atoms with Crippen molar-refractivity contribution in [1.82, 2.24) is 18.7 Å². The van der Waals surface area contributed by atoms with E-state index in [2.05, 4.69) is 0 Å². The van der Waals surface area contributed by atoms with Gasteiger partial charge >= 0.3 is 0 Å². The van der Waals surface area contributed by atoms with Crippen molar-refractivity contribution < 1.29 is 71.5 Å². The van der Waals surface area contributed by atoms with E-state index in [1.807, 2.05) is 0 Å². The first-order chi connectivity index (χ1) is 35.3. The normalized spacial score (nSPS) is 11.9. The Labute approximate surface area is 432 Å². The summed E-state index contributed by atoms with van der Waals surface area (Å²) in [6.07, 6.45) is 0. The van der Waals surface area contributed by atoms with Crippen LogP contribution in [0.1, 0.15) is 0 Å². The second-order valence-corrected chi connectivity index (χ2v) is 19.6. The zero-order chi connectivity index (χ0) is 54.4. The van der Waals surface area contributed by atoms with Gasteiger partial charge in [-0.15, -0.1) is 0 Å². The Kier molecular flexibility index (Phi) is 10.1. The Morgan fingerprint density at radius 2 is 0.640 bits per heavy atom. The van der Waals surface area contributed by atoms with Crippen LogP contribution >= 0.6 is 0 Å². The zero-order valence-corrected chi connectivity index (χ0v) is 42.0. The second-order valence-electron chi connectivity index (χ2n) is 19.6. The maximum atomic E-state index is 12.3. The van der Waals surface area contributed by atoms with Gasteiger partial charge in [-0.2, -0.15) is 0 Å². The maximum absolute atomic E-state index is 12.3. The van der Waals surface area contributed by atoms with Gasteiger partial charge < -0.3 is 76.1 Å². The highest BCUT2D eigenvalue weighted by molar-refractivity contribution is 6.58. The second kappa shape index (κ2) is 15.7. The number of phenols is 14. The molecule has 0 aliphatic rings. The summed E-state index contributed by atoms with van der Waals surface area (Å²) in [7, 11) is 15.5. The highest BCUT2D eigenvalue weighted by Crippen LogP contribution is 2.50. The molecule has 0 aliphatic heterocycles. The van der Waals surface area contributed by atoms with Crippen molar-refractivity contribution in [3.05, 3.63) is 36.4 Å². The Bertz CT molecular complexity index is 4150. The average Bonchev–Trinajstić information content (AvgIpc) is 4.10. The topological polar surface area (TPSA) is 311 Å². The van der Waals surface area contributed by atoms with E-state index in [4.69, 9.17) is 4.98 Å². The first-order valence-electron chi connectivity index (χ1n) is 23.6. The molecule has 7 aromatic carbocycles. The Morgan fingerprint density at radius 3 is 1.24 bits per heavy atom. The SMILES string of the molecule is Bc1c(B)c(O)c2c(c1O)c1c(B)c(O)c(B)c(O)c1n2-c1cc(-c2ccccc2-n2c3c(B)c(O)c(O)c(B)c3c3c(O)c(O)c(O)c(B)c32)cc(-n2c3c(B)c(B)c(O)c(O)c3c3c(B)c(O)c(O)c(O)c32)n1. The van der Waals surface area contributed by atoms with E-state index in [1.54, 1.807) is 88.0 Å². The summed E-state index contributed by atoms with van der Waals surface area (Å²) < 4.78 is 4.49. The lowest BCUT2D eigenvalue weighted by molar-refractivity contribution is 0.372. The van der Waals surface area contributed by atoms with E-state index in [0.717, 1.165) is 0 Å². The van der Waals surface area contributed by atoms with Crippen LogP contribution in [0.5, 0.6) is 80.5 Å². The number of para-hydroxylation sites is 1. The van der Waals surface area contributed by atoms with Crippen molar-refractivity contribution in [3.8, 4) is 109 Å². The standard InChI is InChI=1S/C47H40B10N4O14/c48-18-14-17-33(38(66)24(54)23(53)34(17)62)61(31(14)39(67)27(57)37(18)65)11-6-7(5-10(58-11)60-29-16(35(63)42(70)22(52)21(29)51)13-20(50)41(69)47(75)45(73)32(13)60)8-3-1-2-4-9(8)59-28-12(19(49)40(68)43(71)25(28)55)15-30(59)26(56)44(72)46(74)36(15)64/h1-6,62-75H,48-57H2. The smallest absolute Gasteiger partial charge is 0.201 e. The first-order valence-corrected chi connectivity index (χ1v) is 23.6. The number of aromatic nitrogens is 4. The molecule has 4 aromatic heterocycles. The number of fused-ring (bicyclic) bond motifs is 9. The van der Waals surface area contributed by atoms with Gasteiger partial charge in [0.2, 0.25) is 5.75 Å². The molecule has 0 spiro atoms. The molecule has 14 N–H and O–H groups in total. The molecule has 0 amide bonds. The molecule has 0 saturated carbocycles. The van der Waals surface area contributed by atoms with Crippen molar-refractivity contribution in [2.75, 3.05) is 0 Å². The van der Waals surface area contributed by atoms with Crippen LogP contribution in [0.2, 0.25) is 0 Å². The number of rotatable bonds is 4. The Morgan fingerprint density at radius 1 is 0.280 bits per heavy atom. The van der Waals surface area contributed by atoms with Crippen molar-refractivity contribution in [2.24, 2.45) is 0 Å². The van der Waals surface area contributed by atoms with Gasteiger partial charge in [0.05, 0.1) is 43.9 Å². The number of phenolic OH excluding ortho intramolecular Hbond substituents is 14. The molecule has 0 atom stereocenters. The summed E-state index contributed by atoms with van der Waals surface area (Å²) in [4.78, 5) is 5.22. The fraction of sp³-hybridized carbons (Fsp3) is 0. The summed E-state index contributed by atoms with van der Waals surface area (Å²) in [6.45, 7) is 0. The molecule has 4 heterocycles. The van der Waals surface area contributed by atoms with E-state index in [1.165, 1.54) is 40.5 Å². The summed E-state index contributed by atoms with van der Waals surface area (Å²) in [5, 5.41) is 163. The predicted octanol–water partition coefficient (Wildman–Crippen LogP) is -9.50. The lowest BCUT2D eigenvalue weighted by Crippen LogP contribution is -2.28. The van der Waals surface area contributed by atoms with Gasteiger partial charge in [-0.1, -0.05) is 23.7 Å².